The second-order valence-electron chi connectivity index (χ2n) is 4.83. The Morgan fingerprint density at radius 2 is 1.95 bits per heavy atom. The fourth-order valence-electron chi connectivity index (χ4n) is 2.08. The van der Waals surface area contributed by atoms with Crippen LogP contribution in [0.5, 0.6) is 5.75 Å². The Kier molecular flexibility index (Phi) is 5.37. The Bertz CT molecular complexity index is 518. The highest BCUT2D eigenvalue weighted by Crippen LogP contribution is 2.19. The molecule has 21 heavy (non-hydrogen) atoms. The molecule has 1 aromatic rings. The number of rotatable bonds is 4. The van der Waals surface area contributed by atoms with E-state index in [4.69, 9.17) is 9.47 Å². The van der Waals surface area contributed by atoms with Crippen molar-refractivity contribution in [3.8, 4) is 5.75 Å². The number of allylic oxidation sites excluding steroid dienone is 2. The van der Waals surface area contributed by atoms with Crippen molar-refractivity contribution in [2.45, 2.75) is 19.3 Å². The van der Waals surface area contributed by atoms with Crippen molar-refractivity contribution in [3.63, 3.8) is 0 Å². The molecule has 112 valence electrons. The van der Waals surface area contributed by atoms with Gasteiger partial charge in [-0.25, -0.2) is 9.59 Å². The average molecular weight is 290 g/mol. The van der Waals surface area contributed by atoms with Crippen molar-refractivity contribution in [1.29, 1.82) is 0 Å². The molecule has 0 aromatic heterocycles. The highest BCUT2D eigenvalue weighted by molar-refractivity contribution is 5.89. The molecule has 0 fully saturated rings. The zero-order valence-electron chi connectivity index (χ0n) is 11.9. The van der Waals surface area contributed by atoms with Crippen LogP contribution in [0.15, 0.2) is 36.4 Å². The van der Waals surface area contributed by atoms with Gasteiger partial charge in [-0.3, -0.25) is 0 Å². The lowest BCUT2D eigenvalue weighted by Crippen LogP contribution is -2.15. The summed E-state index contributed by atoms with van der Waals surface area (Å²) in [5.41, 5.74) is 0.429. The predicted octanol–water partition coefficient (Wildman–Crippen LogP) is 3.34. The minimum Gasteiger partial charge on any atom is -0.462 e. The van der Waals surface area contributed by atoms with Crippen LogP contribution in [-0.4, -0.2) is 25.8 Å². The van der Waals surface area contributed by atoms with E-state index in [1.54, 1.807) is 12.1 Å². The first-order valence-corrected chi connectivity index (χ1v) is 6.87. The van der Waals surface area contributed by atoms with E-state index in [0.717, 1.165) is 19.3 Å². The summed E-state index contributed by atoms with van der Waals surface area (Å²) < 4.78 is 14.5. The van der Waals surface area contributed by atoms with E-state index >= 15 is 0 Å². The van der Waals surface area contributed by atoms with Crippen molar-refractivity contribution >= 4 is 12.1 Å². The van der Waals surface area contributed by atoms with E-state index in [-0.39, 0.29) is 5.97 Å². The minimum atomic E-state index is -0.796. The number of benzene rings is 1. The smallest absolute Gasteiger partial charge is 0.462 e. The molecule has 0 aliphatic heterocycles. The van der Waals surface area contributed by atoms with Gasteiger partial charge in [0.2, 0.25) is 0 Å². The normalized spacial score (nSPS) is 17.1. The molecule has 0 saturated carbocycles. The van der Waals surface area contributed by atoms with Gasteiger partial charge in [-0.15, -0.1) is 0 Å². The van der Waals surface area contributed by atoms with Crippen LogP contribution in [0.1, 0.15) is 29.6 Å². The lowest BCUT2D eigenvalue weighted by Gasteiger charge is -2.17. The molecular formula is C16H18O5. The van der Waals surface area contributed by atoms with Crippen LogP contribution >= 0.6 is 0 Å². The topological polar surface area (TPSA) is 61.8 Å². The molecular weight excluding hydrogens is 272 g/mol. The number of carbonyl (C=O) groups is 2. The molecule has 5 heteroatoms. The number of hydrogen-bond donors (Lipinski definition) is 0. The van der Waals surface area contributed by atoms with E-state index in [2.05, 4.69) is 16.9 Å². The number of carbonyl (C=O) groups excluding carboxylic acids is 2. The van der Waals surface area contributed by atoms with Crippen LogP contribution in [0.4, 0.5) is 4.79 Å². The summed E-state index contributed by atoms with van der Waals surface area (Å²) in [6, 6.07) is 6.16. The molecule has 0 saturated heterocycles. The molecule has 1 unspecified atom stereocenters. The van der Waals surface area contributed by atoms with Crippen molar-refractivity contribution < 1.29 is 23.8 Å². The number of ether oxygens (including phenoxy) is 3. The monoisotopic (exact) mass is 290 g/mol. The van der Waals surface area contributed by atoms with Crippen LogP contribution in [0, 0.1) is 5.92 Å². The molecule has 1 aromatic carbocycles. The summed E-state index contributed by atoms with van der Waals surface area (Å²) in [6.45, 7) is 0.434. The van der Waals surface area contributed by atoms with Crippen LogP contribution in [-0.2, 0) is 9.47 Å². The molecule has 0 radical (unpaired) electrons. The quantitative estimate of drug-likeness (QED) is 0.483. The van der Waals surface area contributed by atoms with E-state index in [0.29, 0.717) is 23.8 Å². The average Bonchev–Trinajstić information content (AvgIpc) is 2.54. The summed E-state index contributed by atoms with van der Waals surface area (Å²) in [5, 5.41) is 0. The molecule has 1 aliphatic rings. The van der Waals surface area contributed by atoms with Gasteiger partial charge in [-0.1, -0.05) is 12.2 Å². The summed E-state index contributed by atoms with van der Waals surface area (Å²) in [6.07, 6.45) is 6.53. The third kappa shape index (κ3) is 4.63. The zero-order valence-corrected chi connectivity index (χ0v) is 11.9. The Morgan fingerprint density at radius 1 is 1.19 bits per heavy atom. The van der Waals surface area contributed by atoms with Crippen molar-refractivity contribution in [2.24, 2.45) is 5.92 Å². The highest BCUT2D eigenvalue weighted by Gasteiger charge is 2.14. The van der Waals surface area contributed by atoms with Gasteiger partial charge in [-0.05, 0) is 49.4 Å². The van der Waals surface area contributed by atoms with Crippen LogP contribution < -0.4 is 4.74 Å². The highest BCUT2D eigenvalue weighted by atomic mass is 16.7. The molecule has 0 spiro atoms. The second kappa shape index (κ2) is 7.47. The molecule has 0 heterocycles. The van der Waals surface area contributed by atoms with E-state index in [9.17, 15) is 9.59 Å². The first-order chi connectivity index (χ1) is 10.2. The third-order valence-corrected chi connectivity index (χ3v) is 3.29. The van der Waals surface area contributed by atoms with Crippen LogP contribution in [0.25, 0.3) is 0 Å². The van der Waals surface area contributed by atoms with Crippen LogP contribution in [0.3, 0.4) is 0 Å². The van der Waals surface area contributed by atoms with E-state index < -0.39 is 6.16 Å². The van der Waals surface area contributed by atoms with Crippen LogP contribution in [0.2, 0.25) is 0 Å². The van der Waals surface area contributed by atoms with Gasteiger partial charge < -0.3 is 14.2 Å². The maximum Gasteiger partial charge on any atom is 0.513 e. The standard InChI is InChI=1S/C16H18O5/c1-19-16(18)21-14-9-7-13(8-10-14)15(17)20-11-12-5-3-2-4-6-12/h2-3,7-10,12H,4-6,11H2,1H3. The molecule has 1 aliphatic carbocycles. The number of hydrogen-bond acceptors (Lipinski definition) is 5. The van der Waals surface area contributed by atoms with Gasteiger partial charge in [0.1, 0.15) is 5.75 Å². The van der Waals surface area contributed by atoms with E-state index in [1.807, 2.05) is 0 Å². The predicted molar refractivity (Wildman–Crippen MR) is 76.2 cm³/mol. The first-order valence-electron chi connectivity index (χ1n) is 6.87. The zero-order chi connectivity index (χ0) is 15.1. The Hall–Kier alpha value is -2.30. The number of methoxy groups -OCH3 is 1. The van der Waals surface area contributed by atoms with Gasteiger partial charge in [0.25, 0.3) is 0 Å². The molecule has 0 bridgehead atoms. The molecule has 5 nitrogen and oxygen atoms in total. The summed E-state index contributed by atoms with van der Waals surface area (Å²) >= 11 is 0. The Labute approximate surface area is 123 Å². The number of esters is 1. The van der Waals surface area contributed by atoms with Crippen molar-refractivity contribution in [2.75, 3.05) is 13.7 Å². The minimum absolute atomic E-state index is 0.316. The second-order valence-corrected chi connectivity index (χ2v) is 4.83. The lowest BCUT2D eigenvalue weighted by atomic mass is 9.95. The summed E-state index contributed by atoms with van der Waals surface area (Å²) in [7, 11) is 1.23. The fourth-order valence-corrected chi connectivity index (χ4v) is 2.08. The van der Waals surface area contributed by atoms with Crippen molar-refractivity contribution in [1.82, 2.24) is 0 Å². The summed E-state index contributed by atoms with van der Waals surface area (Å²) in [5.74, 6) is 0.353. The molecule has 0 N–H and O–H groups in total. The van der Waals surface area contributed by atoms with Gasteiger partial charge in [0, 0.05) is 0 Å². The third-order valence-electron chi connectivity index (χ3n) is 3.29. The van der Waals surface area contributed by atoms with Gasteiger partial charge >= 0.3 is 12.1 Å². The first kappa shape index (κ1) is 15.1. The molecule has 2 rings (SSSR count). The lowest BCUT2D eigenvalue weighted by molar-refractivity contribution is 0.0432. The van der Waals surface area contributed by atoms with E-state index in [1.165, 1.54) is 19.2 Å². The maximum absolute atomic E-state index is 11.9. The maximum atomic E-state index is 11.9. The Balaban J connectivity index is 1.84. The fraction of sp³-hybridized carbons (Fsp3) is 0.375. The summed E-state index contributed by atoms with van der Waals surface area (Å²) in [4.78, 5) is 22.8. The van der Waals surface area contributed by atoms with Gasteiger partial charge in [0.05, 0.1) is 19.3 Å². The van der Waals surface area contributed by atoms with Crippen molar-refractivity contribution in [3.05, 3.63) is 42.0 Å². The van der Waals surface area contributed by atoms with Gasteiger partial charge in [-0.2, -0.15) is 0 Å². The van der Waals surface area contributed by atoms with Gasteiger partial charge in [0.15, 0.2) is 0 Å². The SMILES string of the molecule is COC(=O)Oc1ccc(C(=O)OCC2CC=CCC2)cc1. The largest absolute Gasteiger partial charge is 0.513 e. The Morgan fingerprint density at radius 3 is 2.57 bits per heavy atom. The molecule has 0 amide bonds. The molecule has 1 atom stereocenters.